The summed E-state index contributed by atoms with van der Waals surface area (Å²) >= 11 is 1.27. The van der Waals surface area contributed by atoms with Crippen molar-refractivity contribution in [3.05, 3.63) is 36.4 Å². The molecular weight excluding hydrogens is 324 g/mol. The molecule has 0 spiro atoms. The Morgan fingerprint density at radius 3 is 2.77 bits per heavy atom. The van der Waals surface area contributed by atoms with Gasteiger partial charge in [-0.05, 0) is 30.8 Å². The van der Waals surface area contributed by atoms with Gasteiger partial charge in [0.05, 0.1) is 5.69 Å². The van der Waals surface area contributed by atoms with E-state index < -0.39 is 10.2 Å². The normalized spacial score (nSPS) is 12.4. The van der Waals surface area contributed by atoms with Crippen LogP contribution in [0.5, 0.6) is 0 Å². The van der Waals surface area contributed by atoms with Gasteiger partial charge in [0.2, 0.25) is 5.16 Å². The Kier molecular flexibility index (Phi) is 3.67. The Morgan fingerprint density at radius 1 is 1.27 bits per heavy atom. The van der Waals surface area contributed by atoms with Crippen molar-refractivity contribution >= 4 is 27.6 Å². The van der Waals surface area contributed by atoms with Crippen molar-refractivity contribution in [1.82, 2.24) is 27.9 Å². The fraction of sp³-hybridized carbons (Fsp3) is 0.250. The zero-order valence-corrected chi connectivity index (χ0v) is 13.8. The predicted molar refractivity (Wildman–Crippen MR) is 82.1 cm³/mol. The zero-order valence-electron chi connectivity index (χ0n) is 12.2. The summed E-state index contributed by atoms with van der Waals surface area (Å²) in [6.45, 7) is 1.89. The molecule has 0 fully saturated rings. The number of rotatable bonds is 4. The fourth-order valence-corrected chi connectivity index (χ4v) is 3.44. The first-order valence-corrected chi connectivity index (χ1v) is 8.57. The van der Waals surface area contributed by atoms with Crippen LogP contribution >= 0.6 is 11.8 Å². The summed E-state index contributed by atoms with van der Waals surface area (Å²) in [6.07, 6.45) is 3.08. The highest BCUT2D eigenvalue weighted by Gasteiger charge is 2.19. The number of aryl methyl sites for hydroxylation is 1. The van der Waals surface area contributed by atoms with E-state index in [-0.39, 0.29) is 0 Å². The van der Waals surface area contributed by atoms with Crippen molar-refractivity contribution in [2.45, 2.75) is 17.1 Å². The summed E-state index contributed by atoms with van der Waals surface area (Å²) < 4.78 is 27.8. The Bertz CT molecular complexity index is 928. The third-order valence-corrected chi connectivity index (χ3v) is 5.61. The summed E-state index contributed by atoms with van der Waals surface area (Å²) in [5.74, 6) is 0. The molecule has 0 aromatic carbocycles. The second-order valence-electron chi connectivity index (χ2n) is 4.72. The summed E-state index contributed by atoms with van der Waals surface area (Å²) in [5.41, 5.74) is 1.66. The minimum absolute atomic E-state index is 0.346. The smallest absolute Gasteiger partial charge is 0.294 e. The highest BCUT2D eigenvalue weighted by atomic mass is 32.2. The van der Waals surface area contributed by atoms with Crippen LogP contribution in [0.2, 0.25) is 0 Å². The largest absolute Gasteiger partial charge is 0.323 e. The van der Waals surface area contributed by atoms with Gasteiger partial charge in [-0.3, -0.25) is 4.40 Å². The number of hydrogen-bond donors (Lipinski definition) is 0. The van der Waals surface area contributed by atoms with Gasteiger partial charge in [0.25, 0.3) is 0 Å². The lowest BCUT2D eigenvalue weighted by Crippen LogP contribution is -2.29. The van der Waals surface area contributed by atoms with Crippen LogP contribution in [0.1, 0.15) is 5.69 Å². The Balaban J connectivity index is 1.97. The number of aromatic nitrogens is 5. The van der Waals surface area contributed by atoms with Crippen LogP contribution in [-0.4, -0.2) is 50.4 Å². The molecule has 3 heterocycles. The van der Waals surface area contributed by atoms with E-state index in [4.69, 9.17) is 0 Å². The number of nitrogens with zero attached hydrogens (tertiary/aromatic N) is 6. The number of imidazole rings is 1. The SMILES string of the molecule is Cc1nc2ccccn2c1Sc1ncn(S(=O)(=O)N(C)C)n1. The molecule has 8 nitrogen and oxygen atoms in total. The molecule has 3 aromatic rings. The summed E-state index contributed by atoms with van der Waals surface area (Å²) in [5, 5.41) is 5.23. The molecule has 0 radical (unpaired) electrons. The molecule has 3 rings (SSSR count). The van der Waals surface area contributed by atoms with Crippen molar-refractivity contribution in [2.75, 3.05) is 14.1 Å². The number of pyridine rings is 1. The van der Waals surface area contributed by atoms with Gasteiger partial charge in [-0.15, -0.1) is 9.19 Å². The molecule has 0 saturated carbocycles. The third kappa shape index (κ3) is 2.49. The molecule has 0 atom stereocenters. The average Bonchev–Trinajstić information content (AvgIpc) is 3.05. The van der Waals surface area contributed by atoms with E-state index in [0.29, 0.717) is 5.16 Å². The second kappa shape index (κ2) is 5.38. The van der Waals surface area contributed by atoms with Crippen LogP contribution in [0.4, 0.5) is 0 Å². The van der Waals surface area contributed by atoms with Crippen LogP contribution < -0.4 is 0 Å². The number of hydrogen-bond acceptors (Lipinski definition) is 6. The zero-order chi connectivity index (χ0) is 15.9. The van der Waals surface area contributed by atoms with E-state index in [1.807, 2.05) is 35.7 Å². The maximum atomic E-state index is 12.0. The summed E-state index contributed by atoms with van der Waals surface area (Å²) in [6, 6.07) is 5.72. The van der Waals surface area contributed by atoms with Crippen LogP contribution in [0.3, 0.4) is 0 Å². The molecule has 22 heavy (non-hydrogen) atoms. The highest BCUT2D eigenvalue weighted by molar-refractivity contribution is 7.99. The first-order chi connectivity index (χ1) is 10.4. The van der Waals surface area contributed by atoms with Crippen molar-refractivity contribution in [2.24, 2.45) is 0 Å². The van der Waals surface area contributed by atoms with Gasteiger partial charge >= 0.3 is 10.2 Å². The Hall–Kier alpha value is -1.91. The average molecular weight is 338 g/mol. The maximum Gasteiger partial charge on any atom is 0.323 e. The first-order valence-electron chi connectivity index (χ1n) is 6.36. The van der Waals surface area contributed by atoms with Gasteiger partial charge in [0.15, 0.2) is 0 Å². The molecule has 116 valence electrons. The lowest BCUT2D eigenvalue weighted by Gasteiger charge is -2.09. The van der Waals surface area contributed by atoms with Crippen LogP contribution in [-0.2, 0) is 10.2 Å². The number of fused-ring (bicyclic) bond motifs is 1. The van der Waals surface area contributed by atoms with E-state index in [1.54, 1.807) is 0 Å². The van der Waals surface area contributed by atoms with E-state index in [9.17, 15) is 8.42 Å². The predicted octanol–water partition coefficient (Wildman–Crippen LogP) is 1.04. The molecule has 0 N–H and O–H groups in total. The van der Waals surface area contributed by atoms with Gasteiger partial charge in [-0.1, -0.05) is 6.07 Å². The molecular formula is C12H14N6O2S2. The monoisotopic (exact) mass is 338 g/mol. The highest BCUT2D eigenvalue weighted by Crippen LogP contribution is 2.28. The van der Waals surface area contributed by atoms with Crippen LogP contribution in [0.25, 0.3) is 5.65 Å². The van der Waals surface area contributed by atoms with E-state index >= 15 is 0 Å². The molecule has 0 aliphatic heterocycles. The molecule has 0 saturated heterocycles. The van der Waals surface area contributed by atoms with Crippen molar-refractivity contribution in [1.29, 1.82) is 0 Å². The van der Waals surface area contributed by atoms with Gasteiger partial charge < -0.3 is 0 Å². The van der Waals surface area contributed by atoms with Gasteiger partial charge in [-0.25, -0.2) is 9.97 Å². The Labute approximate surface area is 132 Å². The van der Waals surface area contributed by atoms with Gasteiger partial charge in [0.1, 0.15) is 17.0 Å². The topological polar surface area (TPSA) is 85.4 Å². The fourth-order valence-electron chi connectivity index (χ4n) is 1.86. The van der Waals surface area contributed by atoms with Crippen molar-refractivity contribution < 1.29 is 8.42 Å². The minimum atomic E-state index is -3.65. The summed E-state index contributed by atoms with van der Waals surface area (Å²) in [4.78, 5) is 8.50. The van der Waals surface area contributed by atoms with Crippen molar-refractivity contribution in [3.8, 4) is 0 Å². The quantitative estimate of drug-likeness (QED) is 0.706. The molecule has 10 heteroatoms. The van der Waals surface area contributed by atoms with E-state index in [0.717, 1.165) is 24.8 Å². The molecule has 0 aliphatic rings. The van der Waals surface area contributed by atoms with Crippen LogP contribution in [0.15, 0.2) is 40.9 Å². The third-order valence-electron chi connectivity index (χ3n) is 2.99. The standard InChI is InChI=1S/C12H14N6O2S2/c1-9-11(17-7-5-4-6-10(17)14-9)21-12-13-8-18(15-12)22(19,20)16(2)3/h4-8H,1-3H3. The van der Waals surface area contributed by atoms with Gasteiger partial charge in [0, 0.05) is 20.3 Å². The second-order valence-corrected chi connectivity index (χ2v) is 7.68. The lowest BCUT2D eigenvalue weighted by molar-refractivity contribution is 0.502. The Morgan fingerprint density at radius 2 is 2.05 bits per heavy atom. The molecule has 0 unspecified atom stereocenters. The minimum Gasteiger partial charge on any atom is -0.294 e. The lowest BCUT2D eigenvalue weighted by atomic mass is 10.5. The molecule has 0 amide bonds. The first kappa shape index (κ1) is 15.0. The summed E-state index contributed by atoms with van der Waals surface area (Å²) in [7, 11) is -0.761. The van der Waals surface area contributed by atoms with Gasteiger partial charge in [-0.2, -0.15) is 12.7 Å². The van der Waals surface area contributed by atoms with E-state index in [1.165, 1.54) is 32.2 Å². The maximum absolute atomic E-state index is 12.0. The molecule has 0 bridgehead atoms. The van der Waals surface area contributed by atoms with E-state index in [2.05, 4.69) is 15.1 Å². The van der Waals surface area contributed by atoms with Crippen molar-refractivity contribution in [3.63, 3.8) is 0 Å². The molecule has 0 aliphatic carbocycles. The molecule has 3 aromatic heterocycles. The van der Waals surface area contributed by atoms with Crippen LogP contribution in [0, 0.1) is 6.92 Å².